The first-order valence-electron chi connectivity index (χ1n) is 39.8. The van der Waals surface area contributed by atoms with E-state index in [1.165, 1.54) is 188 Å². The minimum Gasteiger partial charge on any atom is -0.423 e. The van der Waals surface area contributed by atoms with E-state index in [1.54, 1.807) is 6.07 Å². The molecule has 17 aromatic carbocycles. The monoisotopic (exact) mass is 1620 g/mol. The quantitative estimate of drug-likeness (QED) is 0.163. The van der Waals surface area contributed by atoms with E-state index in [2.05, 4.69) is 411 Å². The van der Waals surface area contributed by atoms with Gasteiger partial charge in [0.1, 0.15) is 0 Å². The Balaban J connectivity index is 0.0000000967. The highest BCUT2D eigenvalue weighted by Gasteiger charge is 2.35. The van der Waals surface area contributed by atoms with Crippen LogP contribution >= 0.6 is 31.9 Å². The van der Waals surface area contributed by atoms with Gasteiger partial charge in [0.25, 0.3) is 0 Å². The number of rotatable bonds is 6. The zero-order valence-corrected chi connectivity index (χ0v) is 67.3. The molecule has 24 rings (SSSR count). The molecule has 4 aliphatic rings. The van der Waals surface area contributed by atoms with Crippen LogP contribution in [0.2, 0.25) is 0 Å². The standard InChI is InChI=1S/2C31H21N.C18H12BrN.C15H13Br.C13H11BO2/c2*1-2-9-25(10-3-1)32-30-13-7-6-12-27(30)29-20-22(16-17-31(29)32)21-14-15-24-18-23-8-4-5-11-26(23)28(24)19-21;19-13-10-11-18-16(12-13)15-8-4-5-9-17(15)20(18)14-6-2-1-3-7-14;1-15(2)13-6-4-3-5-11(13)12-9-10(16)7-8-14(12)15;15-14(16)11-6-5-10-7-9-3-1-2-4-12(9)13(10)8-11/h2*1-17,19-20H,18H2;1-12H;3-9H,1-2H3;1-6,8,15-16H,7H2. The minimum absolute atomic E-state index is 0.132. The lowest BCUT2D eigenvalue weighted by atomic mass is 9.79. The van der Waals surface area contributed by atoms with Crippen LogP contribution in [0.25, 0.3) is 149 Å². The van der Waals surface area contributed by atoms with Gasteiger partial charge in [-0.1, -0.05) is 313 Å². The second kappa shape index (κ2) is 30.1. The number of aromatic nitrogens is 3. The molecule has 8 heteroatoms. The average Bonchev–Trinajstić information content (AvgIpc) is 1.58. The molecule has 0 atom stereocenters. The van der Waals surface area contributed by atoms with Crippen LogP contribution in [0.1, 0.15) is 58.4 Å². The van der Waals surface area contributed by atoms with Gasteiger partial charge in [-0.05, 0) is 257 Å². The fourth-order valence-corrected chi connectivity index (χ4v) is 19.1. The Hall–Kier alpha value is -12.9. The molecule has 0 radical (unpaired) electrons. The third-order valence-corrected chi connectivity index (χ3v) is 24.9. The first-order valence-corrected chi connectivity index (χ1v) is 41.3. The Morgan fingerprint density at radius 1 is 0.241 bits per heavy atom. The van der Waals surface area contributed by atoms with Crippen molar-refractivity contribution in [1.29, 1.82) is 0 Å². The van der Waals surface area contributed by atoms with E-state index in [9.17, 15) is 0 Å². The summed E-state index contributed by atoms with van der Waals surface area (Å²) in [6.45, 7) is 4.59. The molecule has 5 nitrogen and oxygen atoms in total. The van der Waals surface area contributed by atoms with Gasteiger partial charge in [-0.2, -0.15) is 0 Å². The van der Waals surface area contributed by atoms with E-state index in [-0.39, 0.29) is 5.41 Å². The summed E-state index contributed by atoms with van der Waals surface area (Å²) in [5.41, 5.74) is 38.6. The molecule has 116 heavy (non-hydrogen) atoms. The van der Waals surface area contributed by atoms with Gasteiger partial charge in [-0.3, -0.25) is 0 Å². The lowest BCUT2D eigenvalue weighted by Crippen LogP contribution is -2.29. The van der Waals surface area contributed by atoms with Gasteiger partial charge in [0, 0.05) is 63.7 Å². The van der Waals surface area contributed by atoms with Gasteiger partial charge in [0.15, 0.2) is 0 Å². The molecule has 0 unspecified atom stereocenters. The molecule has 0 fully saturated rings. The maximum Gasteiger partial charge on any atom is 0.488 e. The Morgan fingerprint density at radius 3 is 1.00 bits per heavy atom. The third-order valence-electron chi connectivity index (χ3n) is 24.0. The van der Waals surface area contributed by atoms with E-state index < -0.39 is 7.12 Å². The molecule has 0 amide bonds. The third kappa shape index (κ3) is 13.0. The van der Waals surface area contributed by atoms with E-state index in [4.69, 9.17) is 10.0 Å². The molecular weight excluding hydrogens is 1540 g/mol. The summed E-state index contributed by atoms with van der Waals surface area (Å²) in [6.07, 6.45) is 3.01. The molecule has 0 saturated heterocycles. The Labute approximate surface area is 692 Å². The largest absolute Gasteiger partial charge is 0.488 e. The molecule has 2 N–H and O–H groups in total. The summed E-state index contributed by atoms with van der Waals surface area (Å²) in [6, 6.07) is 139. The average molecular weight is 1620 g/mol. The molecule has 3 aromatic heterocycles. The van der Waals surface area contributed by atoms with E-state index in [1.807, 2.05) is 30.3 Å². The van der Waals surface area contributed by atoms with E-state index in [0.717, 1.165) is 33.8 Å². The van der Waals surface area contributed by atoms with Gasteiger partial charge < -0.3 is 23.7 Å². The molecule has 0 spiro atoms. The first-order chi connectivity index (χ1) is 56.9. The fraction of sp³-hybridized carbons (Fsp3) is 0.0556. The van der Waals surface area contributed by atoms with Crippen LogP contribution in [0, 0.1) is 0 Å². The number of para-hydroxylation sites is 6. The summed E-state index contributed by atoms with van der Waals surface area (Å²) < 4.78 is 9.32. The van der Waals surface area contributed by atoms with Gasteiger partial charge in [0.05, 0.1) is 33.1 Å². The first kappa shape index (κ1) is 72.1. The van der Waals surface area contributed by atoms with Crippen LogP contribution in [-0.2, 0) is 24.7 Å². The van der Waals surface area contributed by atoms with Crippen LogP contribution in [0.15, 0.2) is 397 Å². The van der Waals surface area contributed by atoms with Crippen LogP contribution in [0.3, 0.4) is 0 Å². The smallest absolute Gasteiger partial charge is 0.423 e. The van der Waals surface area contributed by atoms with Crippen LogP contribution in [0.4, 0.5) is 0 Å². The number of fused-ring (bicyclic) bond motifs is 21. The van der Waals surface area contributed by atoms with Crippen molar-refractivity contribution in [2.24, 2.45) is 0 Å². The second-order valence-electron chi connectivity index (χ2n) is 31.1. The van der Waals surface area contributed by atoms with Crippen molar-refractivity contribution >= 4 is 110 Å². The lowest BCUT2D eigenvalue weighted by molar-refractivity contribution is 0.426. The number of hydrogen-bond acceptors (Lipinski definition) is 2. The predicted octanol–water partition coefficient (Wildman–Crippen LogP) is 27.3. The highest BCUT2D eigenvalue weighted by atomic mass is 79.9. The molecule has 0 aliphatic heterocycles. The van der Waals surface area contributed by atoms with E-state index >= 15 is 0 Å². The number of nitrogens with zero attached hydrogens (tertiary/aromatic N) is 3. The summed E-state index contributed by atoms with van der Waals surface area (Å²) in [4.78, 5) is 0. The van der Waals surface area contributed by atoms with Crippen molar-refractivity contribution in [3.63, 3.8) is 0 Å². The molecule has 0 saturated carbocycles. The van der Waals surface area contributed by atoms with Gasteiger partial charge in [-0.25, -0.2) is 0 Å². The van der Waals surface area contributed by atoms with Crippen molar-refractivity contribution < 1.29 is 10.0 Å². The molecule has 554 valence electrons. The maximum atomic E-state index is 9.16. The highest BCUT2D eigenvalue weighted by molar-refractivity contribution is 9.10. The predicted molar refractivity (Wildman–Crippen MR) is 494 cm³/mol. The summed E-state index contributed by atoms with van der Waals surface area (Å²) in [5, 5.41) is 26.0. The number of halogens is 2. The van der Waals surface area contributed by atoms with Crippen LogP contribution in [0.5, 0.6) is 0 Å². The Kier molecular flexibility index (Phi) is 18.7. The van der Waals surface area contributed by atoms with Gasteiger partial charge >= 0.3 is 7.12 Å². The minimum atomic E-state index is -1.39. The van der Waals surface area contributed by atoms with Crippen LogP contribution < -0.4 is 5.46 Å². The van der Waals surface area contributed by atoms with Gasteiger partial charge in [0.2, 0.25) is 0 Å². The second-order valence-corrected chi connectivity index (χ2v) is 32.9. The lowest BCUT2D eigenvalue weighted by Gasteiger charge is -2.21. The van der Waals surface area contributed by atoms with Crippen molar-refractivity contribution in [3.8, 4) is 83.8 Å². The molecule has 20 aromatic rings. The summed E-state index contributed by atoms with van der Waals surface area (Å²) in [5.74, 6) is 0. The molecule has 4 aliphatic carbocycles. The van der Waals surface area contributed by atoms with Crippen molar-refractivity contribution in [2.45, 2.75) is 38.5 Å². The van der Waals surface area contributed by atoms with Gasteiger partial charge in [-0.15, -0.1) is 0 Å². The number of benzene rings is 17. The summed E-state index contributed by atoms with van der Waals surface area (Å²) in [7, 11) is -1.39. The topological polar surface area (TPSA) is 55.2 Å². The van der Waals surface area contributed by atoms with E-state index in [0.29, 0.717) is 5.46 Å². The Bertz CT molecular complexity index is 6970. The summed E-state index contributed by atoms with van der Waals surface area (Å²) >= 11 is 7.13. The molecule has 3 heterocycles. The molecular formula is C108H78BBr2N3O2. The zero-order valence-electron chi connectivity index (χ0n) is 64.1. The molecule has 0 bridgehead atoms. The van der Waals surface area contributed by atoms with Crippen molar-refractivity contribution in [3.05, 3.63) is 442 Å². The normalized spacial score (nSPS) is 12.5. The van der Waals surface area contributed by atoms with Crippen molar-refractivity contribution in [1.82, 2.24) is 13.7 Å². The maximum absolute atomic E-state index is 9.16. The SMILES string of the molecule is Brc1ccc2c(c1)c1ccccc1n2-c1ccccc1.CC1(C)c2ccccc2-c2cc(Br)ccc21.OB(O)c1ccc2c(c1)-c1ccccc1C2.c1ccc(-n2c3ccccc3c3cc(-c4ccc5c(c4)-c4ccccc4C5)ccc32)cc1.c1ccc(-n2c3ccccc3c3cc(-c4ccc5c(c4)-c4ccccc4C5)ccc32)cc1. The van der Waals surface area contributed by atoms with Crippen molar-refractivity contribution in [2.75, 3.05) is 0 Å². The zero-order chi connectivity index (χ0) is 78.1. The van der Waals surface area contributed by atoms with Crippen LogP contribution in [-0.4, -0.2) is 30.9 Å². The number of hydrogen-bond donors (Lipinski definition) is 2. The highest BCUT2D eigenvalue weighted by Crippen LogP contribution is 2.50. The fourth-order valence-electron chi connectivity index (χ4n) is 18.4. The Morgan fingerprint density at radius 2 is 0.552 bits per heavy atom.